The van der Waals surface area contributed by atoms with Gasteiger partial charge < -0.3 is 9.80 Å². The van der Waals surface area contributed by atoms with Gasteiger partial charge in [0.05, 0.1) is 23.7 Å². The van der Waals surface area contributed by atoms with Crippen LogP contribution in [0.4, 0.5) is 5.69 Å². The number of carbonyl (C=O) groups excluding carboxylic acids is 2. The summed E-state index contributed by atoms with van der Waals surface area (Å²) < 4.78 is 29.5. The zero-order valence-corrected chi connectivity index (χ0v) is 20.1. The predicted molar refractivity (Wildman–Crippen MR) is 128 cm³/mol. The minimum absolute atomic E-state index is 0.0369. The highest BCUT2D eigenvalue weighted by atomic mass is 32.2. The second-order valence-electron chi connectivity index (χ2n) is 8.97. The van der Waals surface area contributed by atoms with Gasteiger partial charge in [-0.2, -0.15) is 0 Å². The fourth-order valence-corrected chi connectivity index (χ4v) is 5.44. The number of benzene rings is 2. The lowest BCUT2D eigenvalue weighted by Crippen LogP contribution is -2.50. The largest absolute Gasteiger partial charge is 0.337 e. The highest BCUT2D eigenvalue weighted by Gasteiger charge is 2.33. The molecule has 11 heteroatoms. The van der Waals surface area contributed by atoms with Gasteiger partial charge in [0, 0.05) is 37.3 Å². The van der Waals surface area contributed by atoms with Gasteiger partial charge in [0.15, 0.2) is 0 Å². The molecule has 0 atom stereocenters. The number of amides is 2. The molecule has 2 saturated heterocycles. The summed E-state index contributed by atoms with van der Waals surface area (Å²) >= 11 is 0. The Bertz CT molecular complexity index is 1360. The molecule has 10 nitrogen and oxygen atoms in total. The molecule has 0 saturated carbocycles. The van der Waals surface area contributed by atoms with Gasteiger partial charge in [-0.1, -0.05) is 17.3 Å². The van der Waals surface area contributed by atoms with E-state index in [0.29, 0.717) is 37.3 Å². The van der Waals surface area contributed by atoms with Gasteiger partial charge in [-0.05, 0) is 55.3 Å². The molecule has 35 heavy (non-hydrogen) atoms. The second kappa shape index (κ2) is 9.14. The molecule has 2 aliphatic heterocycles. The highest BCUT2D eigenvalue weighted by molar-refractivity contribution is 7.92. The van der Waals surface area contributed by atoms with Crippen molar-refractivity contribution >= 4 is 27.5 Å². The van der Waals surface area contributed by atoms with Crippen LogP contribution in [0.1, 0.15) is 40.5 Å². The van der Waals surface area contributed by atoms with Crippen LogP contribution in [0.2, 0.25) is 0 Å². The average molecular weight is 495 g/mol. The average Bonchev–Trinajstić information content (AvgIpc) is 3.42. The maximum Gasteiger partial charge on any atom is 0.261 e. The van der Waals surface area contributed by atoms with Crippen LogP contribution in [0, 0.1) is 6.92 Å². The molecule has 0 radical (unpaired) electrons. The second-order valence-corrected chi connectivity index (χ2v) is 10.7. The molecule has 2 amide bonds. The number of sulfonamides is 1. The SMILES string of the molecule is Cc1cccc(S(=O)(=O)Nc2ccc(C(=O)N3CC(n4cc(CN5CCCC5=O)nn4)C3)cc2)c1. The Morgan fingerprint density at radius 1 is 1.14 bits per heavy atom. The molecule has 2 aliphatic rings. The number of nitrogens with one attached hydrogen (secondary N) is 1. The van der Waals surface area contributed by atoms with Gasteiger partial charge in [-0.3, -0.25) is 14.3 Å². The highest BCUT2D eigenvalue weighted by Crippen LogP contribution is 2.24. The first-order valence-corrected chi connectivity index (χ1v) is 12.9. The number of rotatable bonds is 7. The smallest absolute Gasteiger partial charge is 0.261 e. The molecule has 0 bridgehead atoms. The van der Waals surface area contributed by atoms with Gasteiger partial charge in [0.2, 0.25) is 5.91 Å². The summed E-state index contributed by atoms with van der Waals surface area (Å²) in [7, 11) is -3.71. The summed E-state index contributed by atoms with van der Waals surface area (Å²) in [6, 6.07) is 13.1. The van der Waals surface area contributed by atoms with E-state index < -0.39 is 10.0 Å². The van der Waals surface area contributed by atoms with Crippen LogP contribution >= 0.6 is 0 Å². The van der Waals surface area contributed by atoms with Crippen molar-refractivity contribution in [1.29, 1.82) is 0 Å². The van der Waals surface area contributed by atoms with E-state index in [1.807, 2.05) is 19.2 Å². The van der Waals surface area contributed by atoms with E-state index in [1.165, 1.54) is 6.07 Å². The quantitative estimate of drug-likeness (QED) is 0.538. The van der Waals surface area contributed by atoms with E-state index in [-0.39, 0.29) is 22.8 Å². The van der Waals surface area contributed by atoms with Gasteiger partial charge in [0.25, 0.3) is 15.9 Å². The molecule has 182 valence electrons. The first kappa shape index (κ1) is 23.0. The fraction of sp³-hybridized carbons (Fsp3) is 0.333. The Morgan fingerprint density at radius 3 is 2.60 bits per heavy atom. The molecule has 0 spiro atoms. The third-order valence-corrected chi connectivity index (χ3v) is 7.67. The maximum atomic E-state index is 12.8. The normalized spacial score (nSPS) is 16.4. The number of hydrogen-bond donors (Lipinski definition) is 1. The zero-order valence-electron chi connectivity index (χ0n) is 19.3. The first-order valence-electron chi connectivity index (χ1n) is 11.5. The van der Waals surface area contributed by atoms with Gasteiger partial charge in [-0.25, -0.2) is 13.1 Å². The van der Waals surface area contributed by atoms with Crippen LogP contribution in [-0.2, 0) is 21.4 Å². The van der Waals surface area contributed by atoms with E-state index >= 15 is 0 Å². The van der Waals surface area contributed by atoms with E-state index in [2.05, 4.69) is 15.0 Å². The number of aryl methyl sites for hydroxylation is 1. The number of likely N-dealkylation sites (tertiary alicyclic amines) is 2. The minimum atomic E-state index is -3.71. The summed E-state index contributed by atoms with van der Waals surface area (Å²) in [5, 5.41) is 8.34. The summed E-state index contributed by atoms with van der Waals surface area (Å²) in [5.41, 5.74) is 2.46. The van der Waals surface area contributed by atoms with Crippen LogP contribution in [0.3, 0.4) is 0 Å². The van der Waals surface area contributed by atoms with Crippen molar-refractivity contribution in [2.45, 2.75) is 37.2 Å². The van der Waals surface area contributed by atoms with E-state index in [1.54, 1.807) is 50.9 Å². The molecule has 5 rings (SSSR count). The molecule has 3 heterocycles. The van der Waals surface area contributed by atoms with E-state index in [9.17, 15) is 18.0 Å². The van der Waals surface area contributed by atoms with Crippen molar-refractivity contribution < 1.29 is 18.0 Å². The van der Waals surface area contributed by atoms with Crippen LogP contribution in [0.25, 0.3) is 0 Å². The molecule has 3 aromatic rings. The predicted octanol–water partition coefficient (Wildman–Crippen LogP) is 2.21. The number of carbonyl (C=O) groups is 2. The minimum Gasteiger partial charge on any atom is -0.337 e. The van der Waals surface area contributed by atoms with E-state index in [4.69, 9.17) is 0 Å². The first-order chi connectivity index (χ1) is 16.8. The summed E-state index contributed by atoms with van der Waals surface area (Å²) in [4.78, 5) is 28.3. The van der Waals surface area contributed by atoms with Crippen molar-refractivity contribution in [3.05, 3.63) is 71.5 Å². The van der Waals surface area contributed by atoms with E-state index in [0.717, 1.165) is 24.2 Å². The molecule has 0 aliphatic carbocycles. The maximum absolute atomic E-state index is 12.8. The Morgan fingerprint density at radius 2 is 1.91 bits per heavy atom. The molecular weight excluding hydrogens is 468 g/mol. The zero-order chi connectivity index (χ0) is 24.6. The van der Waals surface area contributed by atoms with Crippen LogP contribution < -0.4 is 4.72 Å². The molecule has 2 aromatic carbocycles. The summed E-state index contributed by atoms with van der Waals surface area (Å²) in [5.74, 6) is 0.0197. The fourth-order valence-electron chi connectivity index (χ4n) is 4.28. The van der Waals surface area contributed by atoms with Gasteiger partial charge in [0.1, 0.15) is 5.69 Å². The molecular formula is C24H26N6O4S. The summed E-state index contributed by atoms with van der Waals surface area (Å²) in [6.07, 6.45) is 3.31. The molecule has 0 unspecified atom stereocenters. The molecule has 2 fully saturated rings. The lowest BCUT2D eigenvalue weighted by molar-refractivity contribution is -0.128. The standard InChI is InChI=1S/C24H26N6O4S/c1-17-4-2-5-22(12-17)35(33,34)26-19-9-7-18(8-10-19)24(32)29-15-21(16-29)30-14-20(25-27-30)13-28-11-3-6-23(28)31/h2,4-5,7-10,12,14,21,26H,3,6,11,13,15-16H2,1H3. The van der Waals surface area contributed by atoms with Crippen molar-refractivity contribution in [3.63, 3.8) is 0 Å². The van der Waals surface area contributed by atoms with Crippen molar-refractivity contribution in [3.8, 4) is 0 Å². The Hall–Kier alpha value is -3.73. The summed E-state index contributed by atoms with van der Waals surface area (Å²) in [6.45, 7) is 4.06. The number of nitrogens with zero attached hydrogens (tertiary/aromatic N) is 5. The van der Waals surface area contributed by atoms with Crippen LogP contribution in [0.5, 0.6) is 0 Å². The Kier molecular flexibility index (Phi) is 6.01. The molecule has 1 aromatic heterocycles. The van der Waals surface area contributed by atoms with Crippen molar-refractivity contribution in [1.82, 2.24) is 24.8 Å². The van der Waals surface area contributed by atoms with Crippen molar-refractivity contribution in [2.75, 3.05) is 24.4 Å². The monoisotopic (exact) mass is 494 g/mol. The van der Waals surface area contributed by atoms with Gasteiger partial charge in [-0.15, -0.1) is 5.10 Å². The molecule has 1 N–H and O–H groups in total. The van der Waals surface area contributed by atoms with Crippen LogP contribution in [0.15, 0.2) is 59.6 Å². The topological polar surface area (TPSA) is 118 Å². The Balaban J connectivity index is 1.16. The number of hydrogen-bond acceptors (Lipinski definition) is 6. The Labute approximate surface area is 203 Å². The van der Waals surface area contributed by atoms with Crippen molar-refractivity contribution in [2.24, 2.45) is 0 Å². The van der Waals surface area contributed by atoms with Crippen LogP contribution in [-0.4, -0.2) is 64.7 Å². The number of aromatic nitrogens is 3. The third-order valence-electron chi connectivity index (χ3n) is 6.29. The third kappa shape index (κ3) is 4.90. The van der Waals surface area contributed by atoms with Gasteiger partial charge >= 0.3 is 0 Å². The lowest BCUT2D eigenvalue weighted by Gasteiger charge is -2.38. The number of anilines is 1. The lowest BCUT2D eigenvalue weighted by atomic mass is 10.1.